The second-order valence-electron chi connectivity index (χ2n) is 8.69. The Morgan fingerprint density at radius 1 is 1.09 bits per heavy atom. The fourth-order valence-electron chi connectivity index (χ4n) is 4.70. The van der Waals surface area contributed by atoms with E-state index in [1.807, 2.05) is 10.3 Å². The lowest BCUT2D eigenvalue weighted by molar-refractivity contribution is -0.137. The van der Waals surface area contributed by atoms with E-state index in [-0.39, 0.29) is 29.7 Å². The molecule has 1 aromatic carbocycles. The Labute approximate surface area is 206 Å². The van der Waals surface area contributed by atoms with Crippen molar-refractivity contribution in [1.29, 1.82) is 0 Å². The first-order valence-electron chi connectivity index (χ1n) is 11.5. The summed E-state index contributed by atoms with van der Waals surface area (Å²) in [6, 6.07) is 6.90. The van der Waals surface area contributed by atoms with Crippen LogP contribution < -0.4 is 19.9 Å². The normalized spacial score (nSPS) is 18.9. The van der Waals surface area contributed by atoms with Gasteiger partial charge in [0.05, 0.1) is 25.8 Å². The maximum absolute atomic E-state index is 13.2. The van der Waals surface area contributed by atoms with E-state index >= 15 is 0 Å². The molecule has 0 N–H and O–H groups in total. The zero-order valence-electron chi connectivity index (χ0n) is 19.7. The number of hydrogen-bond acceptors (Lipinski definition) is 8. The van der Waals surface area contributed by atoms with Crippen LogP contribution in [0.3, 0.4) is 0 Å². The zero-order valence-corrected chi connectivity index (χ0v) is 20.5. The van der Waals surface area contributed by atoms with Crippen LogP contribution in [0.4, 0.5) is 5.69 Å². The van der Waals surface area contributed by atoms with Crippen LogP contribution in [-0.2, 0) is 16.1 Å². The Kier molecular flexibility index (Phi) is 6.44. The van der Waals surface area contributed by atoms with Crippen molar-refractivity contribution in [1.82, 2.24) is 19.2 Å². The lowest BCUT2D eigenvalue weighted by atomic mass is 10.1. The van der Waals surface area contributed by atoms with E-state index in [1.165, 1.54) is 11.3 Å². The van der Waals surface area contributed by atoms with Crippen molar-refractivity contribution in [3.63, 3.8) is 0 Å². The molecule has 0 radical (unpaired) electrons. The third-order valence-electron chi connectivity index (χ3n) is 6.58. The molecule has 2 aliphatic rings. The molecular weight excluding hydrogens is 470 g/mol. The highest BCUT2D eigenvalue weighted by atomic mass is 32.1. The van der Waals surface area contributed by atoms with Crippen LogP contribution in [0.1, 0.15) is 12.1 Å². The molecule has 0 saturated carbocycles. The molecule has 11 heteroatoms. The average Bonchev–Trinajstić information content (AvgIpc) is 3.50. The van der Waals surface area contributed by atoms with E-state index in [2.05, 4.69) is 9.88 Å². The highest BCUT2D eigenvalue weighted by molar-refractivity contribution is 7.15. The molecular formula is C24H27N5O5S. The van der Waals surface area contributed by atoms with Crippen LogP contribution in [0.2, 0.25) is 0 Å². The number of rotatable bonds is 6. The molecule has 3 aromatic rings. The highest BCUT2D eigenvalue weighted by Gasteiger charge is 2.38. The molecule has 4 heterocycles. The number of piperazine rings is 1. The van der Waals surface area contributed by atoms with Crippen molar-refractivity contribution in [2.24, 2.45) is 5.92 Å². The van der Waals surface area contributed by atoms with Gasteiger partial charge in [-0.15, -0.1) is 11.3 Å². The summed E-state index contributed by atoms with van der Waals surface area (Å²) in [5.74, 6) is 0.696. The summed E-state index contributed by atoms with van der Waals surface area (Å²) < 4.78 is 12.2. The molecule has 2 fully saturated rings. The smallest absolute Gasteiger partial charge is 0.258 e. The van der Waals surface area contributed by atoms with Crippen LogP contribution in [0, 0.1) is 5.92 Å². The molecule has 0 bridgehead atoms. The predicted octanol–water partition coefficient (Wildman–Crippen LogP) is 1.47. The van der Waals surface area contributed by atoms with E-state index in [4.69, 9.17) is 9.47 Å². The number of thiazole rings is 1. The van der Waals surface area contributed by atoms with Gasteiger partial charge in [0, 0.05) is 75.1 Å². The first-order chi connectivity index (χ1) is 17.0. The van der Waals surface area contributed by atoms with Crippen molar-refractivity contribution >= 4 is 33.8 Å². The molecule has 2 aliphatic heterocycles. The van der Waals surface area contributed by atoms with E-state index in [0.29, 0.717) is 61.4 Å². The summed E-state index contributed by atoms with van der Waals surface area (Å²) in [5.41, 5.74) is 1.35. The summed E-state index contributed by atoms with van der Waals surface area (Å²) in [6.07, 6.45) is 1.92. The molecule has 2 aromatic heterocycles. The molecule has 184 valence electrons. The molecule has 0 spiro atoms. The standard InChI is InChI=1S/C24H27N5O5S/c1-33-19-4-3-18(13-20(19)34-2)29-14-16(11-21(29)30)23(32)27-7-5-26(6-8-27)15-17-12-22(31)28-9-10-35-24(28)25-17/h3-4,9-10,12-13,16H,5-8,11,14-15H2,1-2H3. The summed E-state index contributed by atoms with van der Waals surface area (Å²) in [5, 5.41) is 1.85. The maximum Gasteiger partial charge on any atom is 0.258 e. The number of carbonyl (C=O) groups excluding carboxylic acids is 2. The summed E-state index contributed by atoms with van der Waals surface area (Å²) in [4.78, 5) is 49.1. The van der Waals surface area contributed by atoms with Crippen LogP contribution in [0.15, 0.2) is 40.6 Å². The summed E-state index contributed by atoms with van der Waals surface area (Å²) in [7, 11) is 3.11. The van der Waals surface area contributed by atoms with Gasteiger partial charge in [0.25, 0.3) is 5.56 Å². The number of ether oxygens (including phenoxy) is 2. The Hall–Kier alpha value is -3.44. The highest BCUT2D eigenvalue weighted by Crippen LogP contribution is 2.34. The molecule has 35 heavy (non-hydrogen) atoms. The van der Waals surface area contributed by atoms with Gasteiger partial charge < -0.3 is 19.3 Å². The number of aromatic nitrogens is 2. The number of benzene rings is 1. The van der Waals surface area contributed by atoms with E-state index in [9.17, 15) is 14.4 Å². The Morgan fingerprint density at radius 3 is 2.60 bits per heavy atom. The van der Waals surface area contributed by atoms with Crippen LogP contribution >= 0.6 is 11.3 Å². The molecule has 1 unspecified atom stereocenters. The van der Waals surface area contributed by atoms with Gasteiger partial charge in [-0.3, -0.25) is 23.7 Å². The Morgan fingerprint density at radius 2 is 1.86 bits per heavy atom. The molecule has 5 rings (SSSR count). The quantitative estimate of drug-likeness (QED) is 0.509. The number of carbonyl (C=O) groups is 2. The Bertz CT molecular complexity index is 1310. The van der Waals surface area contributed by atoms with Crippen LogP contribution in [0.25, 0.3) is 4.96 Å². The molecule has 2 saturated heterocycles. The largest absolute Gasteiger partial charge is 0.493 e. The third-order valence-corrected chi connectivity index (χ3v) is 7.34. The number of fused-ring (bicyclic) bond motifs is 1. The lowest BCUT2D eigenvalue weighted by Gasteiger charge is -2.35. The van der Waals surface area contributed by atoms with Gasteiger partial charge in [0.15, 0.2) is 16.5 Å². The van der Waals surface area contributed by atoms with Gasteiger partial charge in [-0.1, -0.05) is 0 Å². The van der Waals surface area contributed by atoms with Crippen molar-refractivity contribution < 1.29 is 19.1 Å². The second kappa shape index (κ2) is 9.67. The number of methoxy groups -OCH3 is 2. The van der Waals surface area contributed by atoms with Crippen LogP contribution in [-0.4, -0.2) is 77.9 Å². The summed E-state index contributed by atoms with van der Waals surface area (Å²) >= 11 is 1.43. The average molecular weight is 498 g/mol. The fraction of sp³-hybridized carbons (Fsp3) is 0.417. The first kappa shape index (κ1) is 23.3. The van der Waals surface area contributed by atoms with Gasteiger partial charge in [0.1, 0.15) is 0 Å². The van der Waals surface area contributed by atoms with E-state index in [0.717, 1.165) is 5.69 Å². The second-order valence-corrected chi connectivity index (χ2v) is 9.56. The SMILES string of the molecule is COc1ccc(N2CC(C(=O)N3CCN(Cc4cc(=O)n5ccsc5n4)CC3)CC2=O)cc1OC. The molecule has 10 nitrogen and oxygen atoms in total. The number of hydrogen-bond donors (Lipinski definition) is 0. The minimum atomic E-state index is -0.370. The number of nitrogens with zero attached hydrogens (tertiary/aromatic N) is 5. The minimum Gasteiger partial charge on any atom is -0.493 e. The first-order valence-corrected chi connectivity index (χ1v) is 12.3. The van der Waals surface area contributed by atoms with Crippen molar-refractivity contribution in [3.05, 3.63) is 51.9 Å². The summed E-state index contributed by atoms with van der Waals surface area (Å²) in [6.45, 7) is 3.47. The Balaban J connectivity index is 1.19. The van der Waals surface area contributed by atoms with Gasteiger partial charge in [0.2, 0.25) is 11.8 Å². The van der Waals surface area contributed by atoms with Gasteiger partial charge in [-0.2, -0.15) is 0 Å². The van der Waals surface area contributed by atoms with Crippen molar-refractivity contribution in [3.8, 4) is 11.5 Å². The lowest BCUT2D eigenvalue weighted by Crippen LogP contribution is -2.50. The van der Waals surface area contributed by atoms with Crippen molar-refractivity contribution in [2.75, 3.05) is 51.8 Å². The van der Waals surface area contributed by atoms with Crippen molar-refractivity contribution in [2.45, 2.75) is 13.0 Å². The third kappa shape index (κ3) is 4.61. The zero-order chi connectivity index (χ0) is 24.5. The van der Waals surface area contributed by atoms with E-state index in [1.54, 1.807) is 54.0 Å². The van der Waals surface area contributed by atoms with Gasteiger partial charge in [-0.25, -0.2) is 4.98 Å². The predicted molar refractivity (Wildman–Crippen MR) is 131 cm³/mol. The van der Waals surface area contributed by atoms with Crippen LogP contribution in [0.5, 0.6) is 11.5 Å². The number of amides is 2. The molecule has 0 aliphatic carbocycles. The minimum absolute atomic E-state index is 0.0114. The molecule has 2 amide bonds. The van der Waals surface area contributed by atoms with E-state index < -0.39 is 0 Å². The van der Waals surface area contributed by atoms with Gasteiger partial charge in [-0.05, 0) is 12.1 Å². The van der Waals surface area contributed by atoms with Gasteiger partial charge >= 0.3 is 0 Å². The maximum atomic E-state index is 13.2. The fourth-order valence-corrected chi connectivity index (χ4v) is 5.44. The number of anilines is 1. The monoisotopic (exact) mass is 497 g/mol. The molecule has 1 atom stereocenters. The topological polar surface area (TPSA) is 96.7 Å².